The largest absolute Gasteiger partial charge is 0.495 e. The van der Waals surface area contributed by atoms with Gasteiger partial charge in [-0.2, -0.15) is 0 Å². The van der Waals surface area contributed by atoms with E-state index < -0.39 is 0 Å². The molecule has 3 rings (SSSR count). The van der Waals surface area contributed by atoms with Crippen LogP contribution in [0, 0.1) is 0 Å². The lowest BCUT2D eigenvalue weighted by Gasteiger charge is -2.14. The molecule has 0 aliphatic heterocycles. The van der Waals surface area contributed by atoms with Crippen molar-refractivity contribution in [2.45, 2.75) is 26.7 Å². The molecule has 0 saturated carbocycles. The normalized spacial score (nSPS) is 10.4. The SMILES string of the molecule is CCc1cccc(CC)c1NC(=O)c1cnc(Nc2ccccc2OC)nc1. The number of ether oxygens (including phenoxy) is 1. The molecule has 0 bridgehead atoms. The number of methoxy groups -OCH3 is 1. The number of amides is 1. The summed E-state index contributed by atoms with van der Waals surface area (Å²) < 4.78 is 5.31. The number of carbonyl (C=O) groups excluding carboxylic acids is 1. The van der Waals surface area contributed by atoms with Gasteiger partial charge in [-0.15, -0.1) is 0 Å². The van der Waals surface area contributed by atoms with Crippen molar-refractivity contribution in [2.75, 3.05) is 17.7 Å². The lowest BCUT2D eigenvalue weighted by molar-refractivity contribution is 0.102. The first-order valence-electron chi connectivity index (χ1n) is 9.30. The van der Waals surface area contributed by atoms with Crippen LogP contribution < -0.4 is 15.4 Å². The molecular formula is C22H24N4O2. The highest BCUT2D eigenvalue weighted by Gasteiger charge is 2.13. The van der Waals surface area contributed by atoms with Crippen molar-refractivity contribution >= 4 is 23.2 Å². The maximum Gasteiger partial charge on any atom is 0.258 e. The van der Waals surface area contributed by atoms with E-state index >= 15 is 0 Å². The molecule has 0 saturated heterocycles. The van der Waals surface area contributed by atoms with Crippen LogP contribution in [0.15, 0.2) is 54.9 Å². The van der Waals surface area contributed by atoms with Crippen molar-refractivity contribution < 1.29 is 9.53 Å². The van der Waals surface area contributed by atoms with Gasteiger partial charge < -0.3 is 15.4 Å². The van der Waals surface area contributed by atoms with E-state index in [-0.39, 0.29) is 5.91 Å². The van der Waals surface area contributed by atoms with E-state index in [9.17, 15) is 4.79 Å². The van der Waals surface area contributed by atoms with E-state index in [4.69, 9.17) is 4.74 Å². The van der Waals surface area contributed by atoms with Gasteiger partial charge >= 0.3 is 0 Å². The highest BCUT2D eigenvalue weighted by Crippen LogP contribution is 2.26. The van der Waals surface area contributed by atoms with Crippen LogP contribution in [0.4, 0.5) is 17.3 Å². The van der Waals surface area contributed by atoms with Crippen LogP contribution in [0.1, 0.15) is 35.3 Å². The van der Waals surface area contributed by atoms with Crippen LogP contribution in [0.2, 0.25) is 0 Å². The Morgan fingerprint density at radius 1 is 0.964 bits per heavy atom. The van der Waals surface area contributed by atoms with Gasteiger partial charge in [-0.3, -0.25) is 4.79 Å². The molecule has 1 heterocycles. The maximum atomic E-state index is 12.7. The predicted molar refractivity (Wildman–Crippen MR) is 111 cm³/mol. The number of rotatable bonds is 7. The molecule has 0 aliphatic rings. The van der Waals surface area contributed by atoms with Crippen LogP contribution in [0.25, 0.3) is 0 Å². The Balaban J connectivity index is 1.76. The number of hydrogen-bond acceptors (Lipinski definition) is 5. The van der Waals surface area contributed by atoms with E-state index in [0.29, 0.717) is 17.3 Å². The van der Waals surface area contributed by atoms with Crippen molar-refractivity contribution in [3.8, 4) is 5.75 Å². The number of benzene rings is 2. The molecule has 3 aromatic rings. The van der Waals surface area contributed by atoms with Crippen molar-refractivity contribution in [1.82, 2.24) is 9.97 Å². The number of hydrogen-bond donors (Lipinski definition) is 2. The third-order valence-electron chi connectivity index (χ3n) is 4.50. The summed E-state index contributed by atoms with van der Waals surface area (Å²) in [6.45, 7) is 4.15. The minimum atomic E-state index is -0.223. The molecule has 144 valence electrons. The fraction of sp³-hybridized carbons (Fsp3) is 0.227. The Morgan fingerprint density at radius 3 is 2.21 bits per heavy atom. The number of carbonyl (C=O) groups is 1. The molecule has 6 heteroatoms. The smallest absolute Gasteiger partial charge is 0.258 e. The van der Waals surface area contributed by atoms with Gasteiger partial charge in [-0.05, 0) is 36.1 Å². The van der Waals surface area contributed by atoms with E-state index in [0.717, 1.165) is 35.3 Å². The van der Waals surface area contributed by atoms with E-state index in [1.165, 1.54) is 12.4 Å². The van der Waals surface area contributed by atoms with Crippen molar-refractivity contribution in [3.63, 3.8) is 0 Å². The first-order valence-corrected chi connectivity index (χ1v) is 9.30. The summed E-state index contributed by atoms with van der Waals surface area (Å²) in [4.78, 5) is 21.2. The zero-order valence-corrected chi connectivity index (χ0v) is 16.3. The summed E-state index contributed by atoms with van der Waals surface area (Å²) in [6, 6.07) is 13.6. The Morgan fingerprint density at radius 2 is 1.61 bits per heavy atom. The number of anilines is 3. The Hall–Kier alpha value is -3.41. The highest BCUT2D eigenvalue weighted by atomic mass is 16.5. The molecule has 0 atom stereocenters. The van der Waals surface area contributed by atoms with Crippen molar-refractivity contribution in [2.24, 2.45) is 0 Å². The Labute approximate surface area is 165 Å². The quantitative estimate of drug-likeness (QED) is 0.630. The second kappa shape index (κ2) is 8.99. The highest BCUT2D eigenvalue weighted by molar-refractivity contribution is 6.04. The summed E-state index contributed by atoms with van der Waals surface area (Å²) in [6.07, 6.45) is 4.73. The molecule has 6 nitrogen and oxygen atoms in total. The first kappa shape index (κ1) is 19.4. The molecular weight excluding hydrogens is 352 g/mol. The van der Waals surface area contributed by atoms with E-state index in [2.05, 4.69) is 34.4 Å². The minimum absolute atomic E-state index is 0.223. The second-order valence-corrected chi connectivity index (χ2v) is 6.23. The molecule has 0 fully saturated rings. The molecule has 1 amide bonds. The number of nitrogens with one attached hydrogen (secondary N) is 2. The zero-order valence-electron chi connectivity index (χ0n) is 16.3. The van der Waals surface area contributed by atoms with Gasteiger partial charge in [0.1, 0.15) is 5.75 Å². The topological polar surface area (TPSA) is 76.1 Å². The zero-order chi connectivity index (χ0) is 19.9. The predicted octanol–water partition coefficient (Wildman–Crippen LogP) is 4.61. The van der Waals surface area contributed by atoms with Gasteiger partial charge in [0.15, 0.2) is 0 Å². The van der Waals surface area contributed by atoms with Crippen LogP contribution in [0.5, 0.6) is 5.75 Å². The van der Waals surface area contributed by atoms with Gasteiger partial charge in [-0.25, -0.2) is 9.97 Å². The first-order chi connectivity index (χ1) is 13.7. The molecule has 2 N–H and O–H groups in total. The molecule has 2 aromatic carbocycles. The fourth-order valence-corrected chi connectivity index (χ4v) is 2.97. The second-order valence-electron chi connectivity index (χ2n) is 6.23. The van der Waals surface area contributed by atoms with Crippen LogP contribution in [-0.4, -0.2) is 23.0 Å². The molecule has 28 heavy (non-hydrogen) atoms. The standard InChI is InChI=1S/C22H24N4O2/c1-4-15-9-8-10-16(5-2)20(15)26-21(27)17-13-23-22(24-14-17)25-18-11-6-7-12-19(18)28-3/h6-14H,4-5H2,1-3H3,(H,26,27)(H,23,24,25). The molecule has 0 aliphatic carbocycles. The number of nitrogens with zero attached hydrogens (tertiary/aromatic N) is 2. The number of aryl methyl sites for hydroxylation is 2. The van der Waals surface area contributed by atoms with Crippen LogP contribution >= 0.6 is 0 Å². The average molecular weight is 376 g/mol. The molecule has 1 aromatic heterocycles. The summed E-state index contributed by atoms with van der Waals surface area (Å²) in [5.41, 5.74) is 4.27. The number of aromatic nitrogens is 2. The van der Waals surface area contributed by atoms with Crippen molar-refractivity contribution in [3.05, 3.63) is 71.5 Å². The van der Waals surface area contributed by atoms with Crippen LogP contribution in [-0.2, 0) is 12.8 Å². The van der Waals surface area contributed by atoms with Gasteiger partial charge in [0, 0.05) is 18.1 Å². The number of para-hydroxylation sites is 3. The fourth-order valence-electron chi connectivity index (χ4n) is 2.97. The van der Waals surface area contributed by atoms with Gasteiger partial charge in [0.2, 0.25) is 5.95 Å². The lowest BCUT2D eigenvalue weighted by Crippen LogP contribution is -2.15. The van der Waals surface area contributed by atoms with E-state index in [1.54, 1.807) is 7.11 Å². The Bertz CT molecular complexity index is 933. The van der Waals surface area contributed by atoms with Gasteiger partial charge in [0.25, 0.3) is 5.91 Å². The molecule has 0 radical (unpaired) electrons. The third kappa shape index (κ3) is 4.28. The Kier molecular flexibility index (Phi) is 6.22. The van der Waals surface area contributed by atoms with Gasteiger partial charge in [0.05, 0.1) is 18.4 Å². The summed E-state index contributed by atoms with van der Waals surface area (Å²) >= 11 is 0. The molecule has 0 spiro atoms. The summed E-state index contributed by atoms with van der Waals surface area (Å²) in [5.74, 6) is 0.861. The van der Waals surface area contributed by atoms with E-state index in [1.807, 2.05) is 42.5 Å². The minimum Gasteiger partial charge on any atom is -0.495 e. The average Bonchev–Trinajstić information content (AvgIpc) is 2.74. The van der Waals surface area contributed by atoms with Crippen LogP contribution in [0.3, 0.4) is 0 Å². The molecule has 0 unspecified atom stereocenters. The maximum absolute atomic E-state index is 12.7. The van der Waals surface area contributed by atoms with Gasteiger partial charge in [-0.1, -0.05) is 44.2 Å². The van der Waals surface area contributed by atoms with Crippen molar-refractivity contribution in [1.29, 1.82) is 0 Å². The summed E-state index contributed by atoms with van der Waals surface area (Å²) in [7, 11) is 1.60. The monoisotopic (exact) mass is 376 g/mol. The lowest BCUT2D eigenvalue weighted by atomic mass is 10.0. The summed E-state index contributed by atoms with van der Waals surface area (Å²) in [5, 5.41) is 6.12. The third-order valence-corrected chi connectivity index (χ3v) is 4.50.